The Balaban J connectivity index is 1.72. The van der Waals surface area contributed by atoms with Gasteiger partial charge in [-0.05, 0) is 47.0 Å². The van der Waals surface area contributed by atoms with Crippen LogP contribution in [0, 0.1) is 0 Å². The Hall–Kier alpha value is -3.18. The second kappa shape index (κ2) is 8.27. The van der Waals surface area contributed by atoms with Gasteiger partial charge in [0.25, 0.3) is 10.0 Å². The number of anilines is 1. The van der Waals surface area contributed by atoms with E-state index in [0.29, 0.717) is 5.69 Å². The normalized spacial score (nSPS) is 11.8. The molecule has 0 bridgehead atoms. The van der Waals surface area contributed by atoms with Crippen LogP contribution in [0.5, 0.6) is 0 Å². The standard InChI is InChI=1S/C21H18N2O2S/c24-26(25,16-13-18-5-2-1-3-6-18)23-21-8-4-7-20(17-21)10-9-19-11-14-22-15-12-19/h1-17,23H. The Morgan fingerprint density at radius 3 is 2.15 bits per heavy atom. The summed E-state index contributed by atoms with van der Waals surface area (Å²) in [5.74, 6) is 0. The average molecular weight is 362 g/mol. The summed E-state index contributed by atoms with van der Waals surface area (Å²) >= 11 is 0. The predicted octanol–water partition coefficient (Wildman–Crippen LogP) is 4.66. The van der Waals surface area contributed by atoms with E-state index < -0.39 is 10.0 Å². The van der Waals surface area contributed by atoms with Crippen molar-refractivity contribution in [2.75, 3.05) is 4.72 Å². The van der Waals surface area contributed by atoms with E-state index >= 15 is 0 Å². The highest BCUT2D eigenvalue weighted by molar-refractivity contribution is 7.95. The van der Waals surface area contributed by atoms with Crippen molar-refractivity contribution in [1.82, 2.24) is 4.98 Å². The number of aromatic nitrogens is 1. The third kappa shape index (κ3) is 5.43. The van der Waals surface area contributed by atoms with E-state index in [0.717, 1.165) is 16.7 Å². The van der Waals surface area contributed by atoms with Crippen LogP contribution in [0.25, 0.3) is 18.2 Å². The molecular formula is C21H18N2O2S. The van der Waals surface area contributed by atoms with Crippen molar-refractivity contribution < 1.29 is 8.42 Å². The van der Waals surface area contributed by atoms with E-state index in [1.165, 1.54) is 5.41 Å². The van der Waals surface area contributed by atoms with Gasteiger partial charge in [-0.1, -0.05) is 54.6 Å². The van der Waals surface area contributed by atoms with Crippen molar-refractivity contribution >= 4 is 33.9 Å². The minimum Gasteiger partial charge on any atom is -0.280 e. The first-order chi connectivity index (χ1) is 12.6. The molecule has 26 heavy (non-hydrogen) atoms. The van der Waals surface area contributed by atoms with Crippen LogP contribution in [-0.2, 0) is 10.0 Å². The van der Waals surface area contributed by atoms with Gasteiger partial charge >= 0.3 is 0 Å². The average Bonchev–Trinajstić information content (AvgIpc) is 2.67. The zero-order valence-electron chi connectivity index (χ0n) is 14.0. The SMILES string of the molecule is O=S(=O)(C=Cc1ccccc1)Nc1cccc(C=Cc2ccncc2)c1. The number of hydrogen-bond acceptors (Lipinski definition) is 3. The number of hydrogen-bond donors (Lipinski definition) is 1. The van der Waals surface area contributed by atoms with Crippen molar-refractivity contribution in [3.05, 3.63) is 101 Å². The smallest absolute Gasteiger partial charge is 0.255 e. The molecule has 0 aliphatic rings. The number of pyridine rings is 1. The van der Waals surface area contributed by atoms with Crippen molar-refractivity contribution in [1.29, 1.82) is 0 Å². The largest absolute Gasteiger partial charge is 0.280 e. The van der Waals surface area contributed by atoms with Crippen molar-refractivity contribution in [2.24, 2.45) is 0 Å². The molecule has 0 aliphatic carbocycles. The van der Waals surface area contributed by atoms with E-state index in [1.54, 1.807) is 30.6 Å². The van der Waals surface area contributed by atoms with Crippen LogP contribution < -0.4 is 4.72 Å². The van der Waals surface area contributed by atoms with Gasteiger partial charge in [-0.2, -0.15) is 0 Å². The van der Waals surface area contributed by atoms with E-state index in [9.17, 15) is 8.42 Å². The molecule has 2 aromatic carbocycles. The maximum atomic E-state index is 12.2. The molecule has 0 saturated carbocycles. The van der Waals surface area contributed by atoms with E-state index in [-0.39, 0.29) is 0 Å². The summed E-state index contributed by atoms with van der Waals surface area (Å²) in [7, 11) is -3.58. The first kappa shape index (κ1) is 17.6. The van der Waals surface area contributed by atoms with Gasteiger partial charge in [-0.3, -0.25) is 9.71 Å². The Bertz CT molecular complexity index is 1010. The molecule has 0 spiro atoms. The Kier molecular flexibility index (Phi) is 5.61. The van der Waals surface area contributed by atoms with E-state index in [1.807, 2.05) is 66.7 Å². The second-order valence-corrected chi connectivity index (χ2v) is 7.17. The first-order valence-corrected chi connectivity index (χ1v) is 9.59. The quantitative estimate of drug-likeness (QED) is 0.693. The second-order valence-electron chi connectivity index (χ2n) is 5.60. The van der Waals surface area contributed by atoms with Crippen LogP contribution in [-0.4, -0.2) is 13.4 Å². The molecule has 1 aromatic heterocycles. The molecule has 4 nitrogen and oxygen atoms in total. The summed E-state index contributed by atoms with van der Waals surface area (Å²) in [4.78, 5) is 3.98. The van der Waals surface area contributed by atoms with Gasteiger partial charge in [0.2, 0.25) is 0 Å². The third-order valence-electron chi connectivity index (χ3n) is 3.56. The van der Waals surface area contributed by atoms with Gasteiger partial charge in [0.15, 0.2) is 0 Å². The number of sulfonamides is 1. The zero-order chi connectivity index (χ0) is 18.2. The Labute approximate surface area is 153 Å². The molecule has 0 saturated heterocycles. The molecule has 0 aliphatic heterocycles. The van der Waals surface area contributed by atoms with Crippen LogP contribution in [0.1, 0.15) is 16.7 Å². The molecule has 130 valence electrons. The molecule has 3 aromatic rings. The molecule has 1 N–H and O–H groups in total. The molecule has 0 atom stereocenters. The van der Waals surface area contributed by atoms with Gasteiger partial charge in [0.05, 0.1) is 5.41 Å². The molecule has 1 heterocycles. The number of benzene rings is 2. The fourth-order valence-corrected chi connectivity index (χ4v) is 3.16. The Morgan fingerprint density at radius 1 is 0.731 bits per heavy atom. The fraction of sp³-hybridized carbons (Fsp3) is 0. The lowest BCUT2D eigenvalue weighted by molar-refractivity contribution is 0.609. The highest BCUT2D eigenvalue weighted by Gasteiger charge is 2.05. The Morgan fingerprint density at radius 2 is 1.38 bits per heavy atom. The summed E-state index contributed by atoms with van der Waals surface area (Å²) in [6.45, 7) is 0. The van der Waals surface area contributed by atoms with Crippen LogP contribution in [0.15, 0.2) is 84.5 Å². The van der Waals surface area contributed by atoms with Crippen LogP contribution in [0.4, 0.5) is 5.69 Å². The third-order valence-corrected chi connectivity index (χ3v) is 4.57. The van der Waals surface area contributed by atoms with Gasteiger partial charge in [-0.25, -0.2) is 8.42 Å². The maximum Gasteiger partial charge on any atom is 0.255 e. The minimum atomic E-state index is -3.58. The first-order valence-electron chi connectivity index (χ1n) is 8.05. The van der Waals surface area contributed by atoms with Gasteiger partial charge in [-0.15, -0.1) is 0 Å². The van der Waals surface area contributed by atoms with Crippen LogP contribution in [0.2, 0.25) is 0 Å². The minimum absolute atomic E-state index is 0.514. The molecule has 3 rings (SSSR count). The lowest BCUT2D eigenvalue weighted by Crippen LogP contribution is -2.08. The summed E-state index contributed by atoms with van der Waals surface area (Å²) in [5, 5.41) is 1.17. The molecule has 5 heteroatoms. The van der Waals surface area contributed by atoms with Crippen molar-refractivity contribution in [3.8, 4) is 0 Å². The molecule has 0 fully saturated rings. The lowest BCUT2D eigenvalue weighted by atomic mass is 10.1. The highest BCUT2D eigenvalue weighted by Crippen LogP contribution is 2.16. The molecular weight excluding hydrogens is 344 g/mol. The van der Waals surface area contributed by atoms with Gasteiger partial charge in [0, 0.05) is 18.1 Å². The number of nitrogens with zero attached hydrogens (tertiary/aromatic N) is 1. The van der Waals surface area contributed by atoms with Crippen LogP contribution >= 0.6 is 0 Å². The molecule has 0 unspecified atom stereocenters. The molecule has 0 radical (unpaired) electrons. The van der Waals surface area contributed by atoms with Crippen molar-refractivity contribution in [2.45, 2.75) is 0 Å². The summed E-state index contributed by atoms with van der Waals surface area (Å²) in [6.07, 6.45) is 8.89. The van der Waals surface area contributed by atoms with Crippen LogP contribution in [0.3, 0.4) is 0 Å². The summed E-state index contributed by atoms with van der Waals surface area (Å²) < 4.78 is 27.1. The van der Waals surface area contributed by atoms with Crippen molar-refractivity contribution in [3.63, 3.8) is 0 Å². The topological polar surface area (TPSA) is 59.1 Å². The number of nitrogens with one attached hydrogen (secondary N) is 1. The highest BCUT2D eigenvalue weighted by atomic mass is 32.2. The van der Waals surface area contributed by atoms with Gasteiger partial charge < -0.3 is 0 Å². The van der Waals surface area contributed by atoms with E-state index in [2.05, 4.69) is 9.71 Å². The molecule has 0 amide bonds. The zero-order valence-corrected chi connectivity index (χ0v) is 14.8. The summed E-state index contributed by atoms with van der Waals surface area (Å²) in [5.41, 5.74) is 3.26. The predicted molar refractivity (Wildman–Crippen MR) is 108 cm³/mol. The lowest BCUT2D eigenvalue weighted by Gasteiger charge is -2.05. The summed E-state index contributed by atoms with van der Waals surface area (Å²) in [6, 6.07) is 20.3. The monoisotopic (exact) mass is 362 g/mol. The number of rotatable bonds is 6. The van der Waals surface area contributed by atoms with Gasteiger partial charge in [0.1, 0.15) is 0 Å². The van der Waals surface area contributed by atoms with E-state index in [4.69, 9.17) is 0 Å². The maximum absolute atomic E-state index is 12.2. The fourth-order valence-electron chi connectivity index (χ4n) is 2.30.